The van der Waals surface area contributed by atoms with Crippen LogP contribution < -0.4 is 0 Å². The first-order chi connectivity index (χ1) is 12.2. The van der Waals surface area contributed by atoms with Crippen LogP contribution in [0.4, 0.5) is 0 Å². The van der Waals surface area contributed by atoms with Crippen molar-refractivity contribution < 1.29 is 4.79 Å². The van der Waals surface area contributed by atoms with Crippen LogP contribution in [-0.2, 0) is 10.5 Å². The number of likely N-dealkylation sites (N-methyl/N-ethyl adjacent to an activating group) is 1. The van der Waals surface area contributed by atoms with Gasteiger partial charge in [0, 0.05) is 43.8 Å². The Labute approximate surface area is 154 Å². The fourth-order valence-electron chi connectivity index (χ4n) is 3.14. The summed E-state index contributed by atoms with van der Waals surface area (Å²) in [7, 11) is 2.13. The Morgan fingerprint density at radius 1 is 1.16 bits per heavy atom. The van der Waals surface area contributed by atoms with Gasteiger partial charge in [0.1, 0.15) is 0 Å². The molecule has 1 saturated heterocycles. The number of piperazine rings is 1. The maximum absolute atomic E-state index is 12.8. The van der Waals surface area contributed by atoms with Gasteiger partial charge in [-0.1, -0.05) is 36.4 Å². The van der Waals surface area contributed by atoms with Crippen molar-refractivity contribution in [3.05, 3.63) is 66.0 Å². The van der Waals surface area contributed by atoms with Gasteiger partial charge in [-0.15, -0.1) is 0 Å². The first-order valence-corrected chi connectivity index (χ1v) is 9.90. The first-order valence-electron chi connectivity index (χ1n) is 8.74. The van der Waals surface area contributed by atoms with Crippen LogP contribution in [0, 0.1) is 0 Å². The Bertz CT molecular complexity index is 665. The second-order valence-corrected chi connectivity index (χ2v) is 7.50. The quantitative estimate of drug-likeness (QED) is 0.746. The lowest BCUT2D eigenvalue weighted by Crippen LogP contribution is -2.49. The Balaban J connectivity index is 1.54. The van der Waals surface area contributed by atoms with Gasteiger partial charge in [-0.05, 0) is 24.7 Å². The van der Waals surface area contributed by atoms with Gasteiger partial charge >= 0.3 is 0 Å². The van der Waals surface area contributed by atoms with E-state index in [1.807, 2.05) is 30.5 Å². The molecule has 1 aliphatic heterocycles. The second kappa shape index (κ2) is 9.02. The number of aromatic nitrogens is 1. The standard InChI is InChI=1S/C20H25N3OS/c1-22-12-13-23(19(15-22)17-7-3-2-4-8-17)20(24)10-14-25-16-18-9-5-6-11-21-18/h2-9,11,19H,10,12-16H2,1H3. The number of carbonyl (C=O) groups excluding carboxylic acids is 1. The normalized spacial score (nSPS) is 18.3. The van der Waals surface area contributed by atoms with E-state index in [0.717, 1.165) is 36.8 Å². The monoisotopic (exact) mass is 355 g/mol. The number of amides is 1. The van der Waals surface area contributed by atoms with E-state index < -0.39 is 0 Å². The highest BCUT2D eigenvalue weighted by Gasteiger charge is 2.29. The average Bonchev–Trinajstić information content (AvgIpc) is 2.66. The van der Waals surface area contributed by atoms with Crippen molar-refractivity contribution in [1.29, 1.82) is 0 Å². The van der Waals surface area contributed by atoms with Gasteiger partial charge in [0.05, 0.1) is 11.7 Å². The van der Waals surface area contributed by atoms with E-state index in [2.05, 4.69) is 46.1 Å². The number of thioether (sulfide) groups is 1. The molecule has 4 nitrogen and oxygen atoms in total. The van der Waals surface area contributed by atoms with E-state index in [-0.39, 0.29) is 11.9 Å². The number of pyridine rings is 1. The molecule has 1 amide bonds. The number of hydrogen-bond acceptors (Lipinski definition) is 4. The van der Waals surface area contributed by atoms with E-state index in [9.17, 15) is 4.79 Å². The van der Waals surface area contributed by atoms with Crippen molar-refractivity contribution in [2.24, 2.45) is 0 Å². The van der Waals surface area contributed by atoms with Crippen LogP contribution in [0.3, 0.4) is 0 Å². The molecule has 1 aromatic carbocycles. The van der Waals surface area contributed by atoms with Gasteiger partial charge in [0.25, 0.3) is 0 Å². The molecule has 0 spiro atoms. The molecule has 0 radical (unpaired) electrons. The zero-order valence-corrected chi connectivity index (χ0v) is 15.5. The maximum Gasteiger partial charge on any atom is 0.224 e. The maximum atomic E-state index is 12.8. The largest absolute Gasteiger partial charge is 0.333 e. The zero-order valence-electron chi connectivity index (χ0n) is 14.7. The van der Waals surface area contributed by atoms with Gasteiger partial charge in [0.15, 0.2) is 0 Å². The second-order valence-electron chi connectivity index (χ2n) is 6.40. The summed E-state index contributed by atoms with van der Waals surface area (Å²) in [6, 6.07) is 16.5. The molecular formula is C20H25N3OS. The van der Waals surface area contributed by atoms with Crippen LogP contribution in [0.15, 0.2) is 54.7 Å². The highest BCUT2D eigenvalue weighted by atomic mass is 32.2. The molecule has 2 aromatic rings. The SMILES string of the molecule is CN1CCN(C(=O)CCSCc2ccccn2)C(c2ccccc2)C1. The van der Waals surface area contributed by atoms with Crippen LogP contribution in [0.25, 0.3) is 0 Å². The Kier molecular flexibility index (Phi) is 6.48. The molecule has 1 unspecified atom stereocenters. The van der Waals surface area contributed by atoms with E-state index in [4.69, 9.17) is 0 Å². The van der Waals surface area contributed by atoms with Crippen LogP contribution >= 0.6 is 11.8 Å². The summed E-state index contributed by atoms with van der Waals surface area (Å²) in [6.45, 7) is 2.65. The fraction of sp³-hybridized carbons (Fsp3) is 0.400. The molecular weight excluding hydrogens is 330 g/mol. The minimum Gasteiger partial charge on any atom is -0.333 e. The van der Waals surface area contributed by atoms with Crippen LogP contribution in [0.2, 0.25) is 0 Å². The number of hydrogen-bond donors (Lipinski definition) is 0. The van der Waals surface area contributed by atoms with Gasteiger partial charge in [-0.25, -0.2) is 0 Å². The number of benzene rings is 1. The van der Waals surface area contributed by atoms with Crippen LogP contribution in [-0.4, -0.2) is 53.1 Å². The molecule has 0 aliphatic carbocycles. The summed E-state index contributed by atoms with van der Waals surface area (Å²) >= 11 is 1.78. The summed E-state index contributed by atoms with van der Waals surface area (Å²) in [5.74, 6) is 1.96. The molecule has 5 heteroatoms. The topological polar surface area (TPSA) is 36.4 Å². The van der Waals surface area contributed by atoms with Gasteiger partial charge in [-0.3, -0.25) is 9.78 Å². The number of carbonyl (C=O) groups is 1. The summed E-state index contributed by atoms with van der Waals surface area (Å²) in [5, 5.41) is 0. The third kappa shape index (κ3) is 5.06. The van der Waals surface area contributed by atoms with Crippen molar-refractivity contribution in [2.45, 2.75) is 18.2 Å². The van der Waals surface area contributed by atoms with Crippen LogP contribution in [0.1, 0.15) is 23.7 Å². The van der Waals surface area contributed by atoms with Crippen molar-refractivity contribution in [3.8, 4) is 0 Å². The predicted octanol–water partition coefficient (Wildman–Crippen LogP) is 3.22. The average molecular weight is 356 g/mol. The first kappa shape index (κ1) is 18.0. The minimum atomic E-state index is 0.160. The van der Waals surface area contributed by atoms with Gasteiger partial charge < -0.3 is 9.80 Å². The van der Waals surface area contributed by atoms with Crippen molar-refractivity contribution >= 4 is 17.7 Å². The predicted molar refractivity (Wildman–Crippen MR) is 103 cm³/mol. The molecule has 1 aromatic heterocycles. The highest BCUT2D eigenvalue weighted by Crippen LogP contribution is 2.26. The minimum absolute atomic E-state index is 0.160. The Morgan fingerprint density at radius 3 is 2.72 bits per heavy atom. The third-order valence-corrected chi connectivity index (χ3v) is 5.52. The smallest absolute Gasteiger partial charge is 0.224 e. The Morgan fingerprint density at radius 2 is 1.96 bits per heavy atom. The fourth-order valence-corrected chi connectivity index (χ4v) is 3.98. The molecule has 3 rings (SSSR count). The van der Waals surface area contributed by atoms with Gasteiger partial charge in [-0.2, -0.15) is 11.8 Å². The van der Waals surface area contributed by atoms with Crippen molar-refractivity contribution in [3.63, 3.8) is 0 Å². The summed E-state index contributed by atoms with van der Waals surface area (Å²) in [4.78, 5) is 21.5. The van der Waals surface area contributed by atoms with E-state index in [0.29, 0.717) is 6.42 Å². The summed E-state index contributed by atoms with van der Waals surface area (Å²) in [6.07, 6.45) is 2.40. The Hall–Kier alpha value is -1.85. The van der Waals surface area contributed by atoms with Crippen molar-refractivity contribution in [2.75, 3.05) is 32.4 Å². The molecule has 1 aliphatic rings. The lowest BCUT2D eigenvalue weighted by molar-refractivity contribution is -0.135. The zero-order chi connectivity index (χ0) is 17.5. The van der Waals surface area contributed by atoms with Crippen molar-refractivity contribution in [1.82, 2.24) is 14.8 Å². The molecule has 0 bridgehead atoms. The molecule has 1 fully saturated rings. The molecule has 0 saturated carbocycles. The number of nitrogens with zero attached hydrogens (tertiary/aromatic N) is 3. The van der Waals surface area contributed by atoms with E-state index >= 15 is 0 Å². The lowest BCUT2D eigenvalue weighted by Gasteiger charge is -2.40. The molecule has 25 heavy (non-hydrogen) atoms. The van der Waals surface area contributed by atoms with Gasteiger partial charge in [0.2, 0.25) is 5.91 Å². The summed E-state index contributed by atoms with van der Waals surface area (Å²) < 4.78 is 0. The third-order valence-electron chi connectivity index (χ3n) is 4.52. The van der Waals surface area contributed by atoms with E-state index in [1.54, 1.807) is 11.8 Å². The molecule has 2 heterocycles. The summed E-state index contributed by atoms with van der Waals surface area (Å²) in [5.41, 5.74) is 2.30. The number of rotatable bonds is 6. The molecule has 1 atom stereocenters. The highest BCUT2D eigenvalue weighted by molar-refractivity contribution is 7.98. The van der Waals surface area contributed by atoms with Crippen LogP contribution in [0.5, 0.6) is 0 Å². The molecule has 0 N–H and O–H groups in total. The lowest BCUT2D eigenvalue weighted by atomic mass is 10.0. The van der Waals surface area contributed by atoms with E-state index in [1.165, 1.54) is 5.56 Å². The molecule has 132 valence electrons.